The Labute approximate surface area is 178 Å². The zero-order chi connectivity index (χ0) is 21.2. The Balaban J connectivity index is 1.41. The zero-order valence-electron chi connectivity index (χ0n) is 19.5. The van der Waals surface area contributed by atoms with E-state index in [0.717, 1.165) is 29.9 Å². The topological polar surface area (TPSA) is 41.5 Å². The van der Waals surface area contributed by atoms with E-state index >= 15 is 0 Å². The molecule has 3 nitrogen and oxygen atoms in total. The summed E-state index contributed by atoms with van der Waals surface area (Å²) in [6, 6.07) is 8.91. The van der Waals surface area contributed by atoms with Crippen LogP contribution in [0.3, 0.4) is 0 Å². The Morgan fingerprint density at radius 1 is 1.07 bits per heavy atom. The van der Waals surface area contributed by atoms with Gasteiger partial charge in [0.25, 0.3) is 0 Å². The molecule has 164 valence electrons. The highest BCUT2D eigenvalue weighted by Crippen LogP contribution is 2.49. The number of ether oxygens (including phenoxy) is 1. The van der Waals surface area contributed by atoms with Crippen molar-refractivity contribution in [2.45, 2.75) is 91.2 Å². The third kappa shape index (κ3) is 6.21. The van der Waals surface area contributed by atoms with Gasteiger partial charge in [-0.3, -0.25) is 0 Å². The van der Waals surface area contributed by atoms with Gasteiger partial charge in [0.2, 0.25) is 0 Å². The minimum Gasteiger partial charge on any atom is -0.491 e. The summed E-state index contributed by atoms with van der Waals surface area (Å²) in [6.07, 6.45) is 6.32. The molecule has 0 aliphatic heterocycles. The molecule has 1 aromatic rings. The maximum absolute atomic E-state index is 10.4. The van der Waals surface area contributed by atoms with Gasteiger partial charge in [-0.25, -0.2) is 0 Å². The number of hydrogen-bond donors (Lipinski definition) is 2. The molecule has 2 aliphatic carbocycles. The fourth-order valence-corrected chi connectivity index (χ4v) is 6.06. The van der Waals surface area contributed by atoms with Crippen molar-refractivity contribution in [1.82, 2.24) is 5.32 Å². The van der Waals surface area contributed by atoms with Gasteiger partial charge in [0.1, 0.15) is 18.5 Å². The number of benzene rings is 1. The summed E-state index contributed by atoms with van der Waals surface area (Å²) in [5.74, 6) is 3.52. The molecule has 0 spiro atoms. The van der Waals surface area contributed by atoms with Crippen LogP contribution in [-0.4, -0.2) is 30.4 Å². The van der Waals surface area contributed by atoms with E-state index in [2.05, 4.69) is 59.0 Å². The quantitative estimate of drug-likeness (QED) is 0.570. The lowest BCUT2D eigenvalue weighted by molar-refractivity contribution is 0.0993. The van der Waals surface area contributed by atoms with Gasteiger partial charge in [-0.1, -0.05) is 53.2 Å². The molecule has 0 unspecified atom stereocenters. The zero-order valence-corrected chi connectivity index (χ0v) is 19.5. The van der Waals surface area contributed by atoms with Crippen LogP contribution in [0, 0.1) is 23.2 Å². The van der Waals surface area contributed by atoms with Crippen molar-refractivity contribution >= 4 is 0 Å². The largest absolute Gasteiger partial charge is 0.491 e. The summed E-state index contributed by atoms with van der Waals surface area (Å²) in [7, 11) is 0. The number of rotatable bonds is 9. The summed E-state index contributed by atoms with van der Waals surface area (Å²) in [5.41, 5.74) is 1.77. The third-order valence-corrected chi connectivity index (χ3v) is 7.16. The summed E-state index contributed by atoms with van der Waals surface area (Å²) in [6.45, 7) is 14.7. The maximum Gasteiger partial charge on any atom is 0.119 e. The first-order valence-corrected chi connectivity index (χ1v) is 11.7. The van der Waals surface area contributed by atoms with Gasteiger partial charge in [0.05, 0.1) is 0 Å². The van der Waals surface area contributed by atoms with Crippen LogP contribution in [0.15, 0.2) is 24.3 Å². The van der Waals surface area contributed by atoms with E-state index in [9.17, 15) is 5.11 Å². The second-order valence-electron chi connectivity index (χ2n) is 11.6. The molecule has 2 bridgehead atoms. The predicted molar refractivity (Wildman–Crippen MR) is 121 cm³/mol. The molecule has 5 atom stereocenters. The summed E-state index contributed by atoms with van der Waals surface area (Å²) >= 11 is 0. The lowest BCUT2D eigenvalue weighted by Crippen LogP contribution is -2.41. The minimum atomic E-state index is -0.479. The molecule has 0 amide bonds. The van der Waals surface area contributed by atoms with Crippen molar-refractivity contribution in [3.63, 3.8) is 0 Å². The van der Waals surface area contributed by atoms with Crippen LogP contribution in [0.5, 0.6) is 5.75 Å². The molecular formula is C26H43NO2. The van der Waals surface area contributed by atoms with Crippen LogP contribution in [0.25, 0.3) is 0 Å². The molecule has 0 heterocycles. The van der Waals surface area contributed by atoms with Crippen LogP contribution in [0.1, 0.15) is 79.2 Å². The van der Waals surface area contributed by atoms with Gasteiger partial charge < -0.3 is 15.2 Å². The predicted octanol–water partition coefficient (Wildman–Crippen LogP) is 5.55. The number of fused-ring (bicyclic) bond motifs is 2. The van der Waals surface area contributed by atoms with Gasteiger partial charge in [-0.2, -0.15) is 0 Å². The van der Waals surface area contributed by atoms with Gasteiger partial charge in [0.15, 0.2) is 0 Å². The maximum atomic E-state index is 10.4. The Bertz CT molecular complexity index is 646. The number of aliphatic hydroxyl groups is 1. The van der Waals surface area contributed by atoms with E-state index in [1.807, 2.05) is 12.1 Å². The second-order valence-corrected chi connectivity index (χ2v) is 11.6. The minimum absolute atomic E-state index is 0.135. The lowest BCUT2D eigenvalue weighted by Gasteiger charge is -2.33. The molecule has 2 N–H and O–H groups in total. The number of hydrogen-bond acceptors (Lipinski definition) is 3. The fraction of sp³-hybridized carbons (Fsp3) is 0.769. The Morgan fingerprint density at radius 2 is 1.76 bits per heavy atom. The number of nitrogens with one attached hydrogen (secondary N) is 1. The van der Waals surface area contributed by atoms with Crippen LogP contribution in [-0.2, 0) is 5.41 Å². The average molecular weight is 402 g/mol. The molecule has 3 heteroatoms. The van der Waals surface area contributed by atoms with Crippen LogP contribution >= 0.6 is 0 Å². The van der Waals surface area contributed by atoms with Crippen molar-refractivity contribution in [2.75, 3.05) is 13.2 Å². The highest BCUT2D eigenvalue weighted by atomic mass is 16.5. The van der Waals surface area contributed by atoms with E-state index in [0.29, 0.717) is 24.6 Å². The highest BCUT2D eigenvalue weighted by Gasteiger charge is 2.41. The Morgan fingerprint density at radius 3 is 2.31 bits per heavy atom. The van der Waals surface area contributed by atoms with E-state index in [1.165, 1.54) is 31.2 Å². The molecule has 0 aromatic heterocycles. The molecular weight excluding hydrogens is 358 g/mol. The highest BCUT2D eigenvalue weighted by molar-refractivity contribution is 5.31. The molecule has 3 rings (SSSR count). The first-order valence-electron chi connectivity index (χ1n) is 11.7. The lowest BCUT2D eigenvalue weighted by atomic mass is 9.72. The van der Waals surface area contributed by atoms with E-state index in [4.69, 9.17) is 4.74 Å². The van der Waals surface area contributed by atoms with Crippen LogP contribution < -0.4 is 10.1 Å². The molecule has 1 aromatic carbocycles. The van der Waals surface area contributed by atoms with Crippen LogP contribution in [0.2, 0.25) is 0 Å². The summed E-state index contributed by atoms with van der Waals surface area (Å²) in [5, 5.41) is 13.9. The smallest absolute Gasteiger partial charge is 0.119 e. The van der Waals surface area contributed by atoms with E-state index < -0.39 is 6.10 Å². The Hall–Kier alpha value is -1.06. The van der Waals surface area contributed by atoms with Crippen LogP contribution in [0.4, 0.5) is 0 Å². The van der Waals surface area contributed by atoms with E-state index in [1.54, 1.807) is 0 Å². The standard InChI is InChI=1S/C26H43NO2/c1-18(24-14-19-7-8-20(24)13-19)27-15-22(28)16-29-23-11-9-21(10-12-23)26(5,6)17-25(2,3)4/h9-12,18-20,22,24,27-28H,7-8,13-17H2,1-6H3/t18-,19-,20-,22+,24+/m0/s1. The van der Waals surface area contributed by atoms with Crippen molar-refractivity contribution in [3.05, 3.63) is 29.8 Å². The molecule has 2 fully saturated rings. The van der Waals surface area contributed by atoms with Crippen molar-refractivity contribution in [3.8, 4) is 5.75 Å². The number of aliphatic hydroxyl groups excluding tert-OH is 1. The second kappa shape index (κ2) is 8.98. The normalized spacial score (nSPS) is 26.5. The van der Waals surface area contributed by atoms with Crippen molar-refractivity contribution in [2.24, 2.45) is 23.2 Å². The molecule has 2 aliphatic rings. The van der Waals surface area contributed by atoms with Crippen molar-refractivity contribution in [1.29, 1.82) is 0 Å². The monoisotopic (exact) mass is 401 g/mol. The average Bonchev–Trinajstić information content (AvgIpc) is 3.26. The molecule has 2 saturated carbocycles. The molecule has 0 radical (unpaired) electrons. The first kappa shape index (κ1) is 22.6. The van der Waals surface area contributed by atoms with Crippen molar-refractivity contribution < 1.29 is 9.84 Å². The van der Waals surface area contributed by atoms with E-state index in [-0.39, 0.29) is 5.41 Å². The van der Waals surface area contributed by atoms with Gasteiger partial charge in [-0.15, -0.1) is 0 Å². The third-order valence-electron chi connectivity index (χ3n) is 7.16. The van der Waals surface area contributed by atoms with Gasteiger partial charge in [-0.05, 0) is 78.9 Å². The summed E-state index contributed by atoms with van der Waals surface area (Å²) < 4.78 is 5.85. The Kier molecular flexibility index (Phi) is 7.00. The fourth-order valence-electron chi connectivity index (χ4n) is 6.06. The molecule has 0 saturated heterocycles. The first-order chi connectivity index (χ1) is 13.5. The SMILES string of the molecule is C[C@H](NC[C@@H](O)COc1ccc(C(C)(C)CC(C)(C)C)cc1)[C@H]1C[C@H]2CC[C@H]1C2. The molecule has 29 heavy (non-hydrogen) atoms. The van der Waals surface area contributed by atoms with Gasteiger partial charge in [0, 0.05) is 12.6 Å². The van der Waals surface area contributed by atoms with Gasteiger partial charge >= 0.3 is 0 Å². The summed E-state index contributed by atoms with van der Waals surface area (Å²) in [4.78, 5) is 0.